The molecule has 3 aromatic rings. The van der Waals surface area contributed by atoms with Gasteiger partial charge >= 0.3 is 0 Å². The molecule has 0 spiro atoms. The Balaban J connectivity index is 1.99. The standard InChI is InChI=1S/C23H19Cl4N3/c1-12-8-16(24)9-13(2)20(12)29-22(26)18-6-5-7-19(28-18)23(27)30-21-14(3)10-17(25)11-15(21)4/h5-11H,1-4H3. The quantitative estimate of drug-likeness (QED) is 0.347. The number of aliphatic imine (C=N–C) groups is 2. The van der Waals surface area contributed by atoms with Crippen LogP contribution in [0.25, 0.3) is 0 Å². The first-order valence-corrected chi connectivity index (χ1v) is 10.7. The zero-order valence-corrected chi connectivity index (χ0v) is 19.9. The predicted molar refractivity (Wildman–Crippen MR) is 130 cm³/mol. The van der Waals surface area contributed by atoms with Crippen molar-refractivity contribution in [2.45, 2.75) is 27.7 Å². The van der Waals surface area contributed by atoms with Gasteiger partial charge in [0.1, 0.15) is 11.4 Å². The number of hydrogen-bond acceptors (Lipinski definition) is 3. The monoisotopic (exact) mass is 477 g/mol. The molecule has 0 saturated carbocycles. The van der Waals surface area contributed by atoms with Crippen molar-refractivity contribution in [1.29, 1.82) is 0 Å². The fourth-order valence-electron chi connectivity index (χ4n) is 3.13. The summed E-state index contributed by atoms with van der Waals surface area (Å²) in [6, 6.07) is 12.8. The van der Waals surface area contributed by atoms with Gasteiger partial charge in [-0.15, -0.1) is 0 Å². The van der Waals surface area contributed by atoms with Crippen LogP contribution in [0, 0.1) is 27.7 Å². The smallest absolute Gasteiger partial charge is 0.155 e. The lowest BCUT2D eigenvalue weighted by Gasteiger charge is -2.08. The largest absolute Gasteiger partial charge is 0.243 e. The Kier molecular flexibility index (Phi) is 7.20. The number of nitrogens with zero attached hydrogens (tertiary/aromatic N) is 3. The molecule has 0 N–H and O–H groups in total. The third kappa shape index (κ3) is 5.22. The molecule has 3 rings (SSSR count). The van der Waals surface area contributed by atoms with Crippen LogP contribution in [0.2, 0.25) is 10.0 Å². The SMILES string of the molecule is Cc1cc(Cl)cc(C)c1N=C(Cl)c1cccc(C(Cl)=Nc2c(C)cc(Cl)cc2C)n1. The first-order valence-electron chi connectivity index (χ1n) is 9.15. The number of halogens is 4. The lowest BCUT2D eigenvalue weighted by molar-refractivity contribution is 1.25. The molecule has 0 aliphatic rings. The van der Waals surface area contributed by atoms with Gasteiger partial charge in [0.2, 0.25) is 0 Å². The van der Waals surface area contributed by atoms with Gasteiger partial charge in [-0.05, 0) is 86.3 Å². The Morgan fingerprint density at radius 1 is 0.667 bits per heavy atom. The second-order valence-electron chi connectivity index (χ2n) is 6.99. The summed E-state index contributed by atoms with van der Waals surface area (Å²) in [4.78, 5) is 13.7. The minimum Gasteiger partial charge on any atom is -0.243 e. The average Bonchev–Trinajstić information content (AvgIpc) is 2.67. The van der Waals surface area contributed by atoms with Crippen LogP contribution in [0.15, 0.2) is 52.4 Å². The molecule has 0 bridgehead atoms. The summed E-state index contributed by atoms with van der Waals surface area (Å²) < 4.78 is 0. The van der Waals surface area contributed by atoms with Gasteiger partial charge in [-0.3, -0.25) is 0 Å². The Morgan fingerprint density at radius 3 is 1.33 bits per heavy atom. The van der Waals surface area contributed by atoms with Crippen molar-refractivity contribution < 1.29 is 0 Å². The molecular formula is C23H19Cl4N3. The van der Waals surface area contributed by atoms with E-state index >= 15 is 0 Å². The lowest BCUT2D eigenvalue weighted by Crippen LogP contribution is -2.02. The van der Waals surface area contributed by atoms with E-state index in [2.05, 4.69) is 15.0 Å². The van der Waals surface area contributed by atoms with Gasteiger partial charge in [0.15, 0.2) is 10.3 Å². The molecule has 0 aliphatic carbocycles. The third-order valence-electron chi connectivity index (χ3n) is 4.50. The van der Waals surface area contributed by atoms with Crippen LogP contribution in [0.5, 0.6) is 0 Å². The second-order valence-corrected chi connectivity index (χ2v) is 8.58. The van der Waals surface area contributed by atoms with Gasteiger partial charge in [0.25, 0.3) is 0 Å². The first-order chi connectivity index (χ1) is 14.2. The number of pyridine rings is 1. The molecule has 0 fully saturated rings. The van der Waals surface area contributed by atoms with Crippen LogP contribution in [-0.4, -0.2) is 15.3 Å². The lowest BCUT2D eigenvalue weighted by atomic mass is 10.1. The van der Waals surface area contributed by atoms with Gasteiger partial charge in [-0.2, -0.15) is 0 Å². The fourth-order valence-corrected chi connectivity index (χ4v) is 4.17. The van der Waals surface area contributed by atoms with Crippen molar-refractivity contribution in [3.8, 4) is 0 Å². The molecule has 3 nitrogen and oxygen atoms in total. The van der Waals surface area contributed by atoms with Crippen LogP contribution in [-0.2, 0) is 0 Å². The van der Waals surface area contributed by atoms with E-state index in [-0.39, 0.29) is 10.3 Å². The molecular weight excluding hydrogens is 460 g/mol. The second kappa shape index (κ2) is 9.49. The molecule has 1 heterocycles. The topological polar surface area (TPSA) is 37.6 Å². The van der Waals surface area contributed by atoms with Gasteiger partial charge < -0.3 is 0 Å². The maximum Gasteiger partial charge on any atom is 0.155 e. The molecule has 0 unspecified atom stereocenters. The molecule has 7 heteroatoms. The summed E-state index contributed by atoms with van der Waals surface area (Å²) in [7, 11) is 0. The van der Waals surface area contributed by atoms with Crippen molar-refractivity contribution in [3.05, 3.63) is 86.2 Å². The summed E-state index contributed by atoms with van der Waals surface area (Å²) in [6.07, 6.45) is 0. The van der Waals surface area contributed by atoms with Gasteiger partial charge in [-0.1, -0.05) is 52.5 Å². The van der Waals surface area contributed by atoms with Crippen LogP contribution < -0.4 is 0 Å². The Labute approximate surface area is 196 Å². The van der Waals surface area contributed by atoms with Gasteiger partial charge in [0.05, 0.1) is 11.4 Å². The van der Waals surface area contributed by atoms with Gasteiger partial charge in [0, 0.05) is 10.0 Å². The average molecular weight is 479 g/mol. The van der Waals surface area contributed by atoms with E-state index in [0.29, 0.717) is 21.4 Å². The van der Waals surface area contributed by atoms with Crippen LogP contribution in [0.4, 0.5) is 11.4 Å². The number of aromatic nitrogens is 1. The minimum absolute atomic E-state index is 0.258. The van der Waals surface area contributed by atoms with Crippen molar-refractivity contribution in [3.63, 3.8) is 0 Å². The highest BCUT2D eigenvalue weighted by molar-refractivity contribution is 6.70. The van der Waals surface area contributed by atoms with Crippen molar-refractivity contribution in [2.75, 3.05) is 0 Å². The van der Waals surface area contributed by atoms with Gasteiger partial charge in [-0.25, -0.2) is 15.0 Å². The highest BCUT2D eigenvalue weighted by atomic mass is 35.5. The molecule has 0 saturated heterocycles. The van der Waals surface area contributed by atoms with E-state index in [4.69, 9.17) is 46.4 Å². The van der Waals surface area contributed by atoms with Crippen LogP contribution in [0.1, 0.15) is 33.6 Å². The highest BCUT2D eigenvalue weighted by Gasteiger charge is 2.11. The first kappa shape index (κ1) is 22.8. The van der Waals surface area contributed by atoms with E-state index in [9.17, 15) is 0 Å². The summed E-state index contributed by atoms with van der Waals surface area (Å²) in [6.45, 7) is 7.75. The summed E-state index contributed by atoms with van der Waals surface area (Å²) in [5.41, 5.74) is 6.27. The molecule has 0 atom stereocenters. The van der Waals surface area contributed by atoms with E-state index in [1.165, 1.54) is 0 Å². The molecule has 30 heavy (non-hydrogen) atoms. The highest BCUT2D eigenvalue weighted by Crippen LogP contribution is 2.30. The van der Waals surface area contributed by atoms with E-state index in [1.807, 2.05) is 58.0 Å². The molecule has 0 radical (unpaired) electrons. The van der Waals surface area contributed by atoms with E-state index in [0.717, 1.165) is 33.6 Å². The van der Waals surface area contributed by atoms with Crippen LogP contribution in [0.3, 0.4) is 0 Å². The van der Waals surface area contributed by atoms with Crippen molar-refractivity contribution in [2.24, 2.45) is 9.98 Å². The molecule has 1 aromatic heterocycles. The molecule has 0 aliphatic heterocycles. The normalized spacial score (nSPS) is 12.4. The Morgan fingerprint density at radius 2 is 1.00 bits per heavy atom. The summed E-state index contributed by atoms with van der Waals surface area (Å²) >= 11 is 25.2. The van der Waals surface area contributed by atoms with E-state index < -0.39 is 0 Å². The minimum atomic E-state index is 0.258. The number of hydrogen-bond donors (Lipinski definition) is 0. The Bertz CT molecular complexity index is 1050. The zero-order chi connectivity index (χ0) is 22.0. The third-order valence-corrected chi connectivity index (χ3v) is 5.50. The van der Waals surface area contributed by atoms with Crippen molar-refractivity contribution >= 4 is 68.1 Å². The number of rotatable bonds is 4. The maximum atomic E-state index is 6.49. The predicted octanol–water partition coefficient (Wildman–Crippen LogP) is 8.26. The maximum absolute atomic E-state index is 6.49. The summed E-state index contributed by atoms with van der Waals surface area (Å²) in [5.74, 6) is 0. The van der Waals surface area contributed by atoms with Crippen molar-refractivity contribution in [1.82, 2.24) is 4.98 Å². The molecule has 2 aromatic carbocycles. The molecule has 0 amide bonds. The Hall–Kier alpha value is -1.91. The number of aryl methyl sites for hydroxylation is 4. The number of benzene rings is 2. The molecule has 154 valence electrons. The fraction of sp³-hybridized carbons (Fsp3) is 0.174. The van der Waals surface area contributed by atoms with Crippen LogP contribution >= 0.6 is 46.4 Å². The zero-order valence-electron chi connectivity index (χ0n) is 16.9. The van der Waals surface area contributed by atoms with E-state index in [1.54, 1.807) is 12.1 Å². The summed E-state index contributed by atoms with van der Waals surface area (Å²) in [5, 5.41) is 1.84.